The number of nitrogens with zero attached hydrogens (tertiary/aromatic N) is 1. The number of ether oxygens (including phenoxy) is 1. The second-order valence-electron chi connectivity index (χ2n) is 4.90. The number of nitrogens with one attached hydrogen (secondary N) is 1. The Morgan fingerprint density at radius 3 is 2.53 bits per heavy atom. The van der Waals surface area contributed by atoms with Gasteiger partial charge in [0.25, 0.3) is 0 Å². The van der Waals surface area contributed by atoms with Gasteiger partial charge in [0.15, 0.2) is 5.41 Å². The molecule has 1 amide bonds. The van der Waals surface area contributed by atoms with Gasteiger partial charge in [-0.05, 0) is 26.8 Å². The number of hydrogen-bond donors (Lipinski definition) is 1. The number of amides is 1. The van der Waals surface area contributed by atoms with Crippen molar-refractivity contribution in [2.45, 2.75) is 32.5 Å². The summed E-state index contributed by atoms with van der Waals surface area (Å²) in [6, 6.07) is -0.373. The Balaban J connectivity index is 2.99. The zero-order valence-corrected chi connectivity index (χ0v) is 11.5. The minimum Gasteiger partial charge on any atom is -0.383 e. The first-order valence-electron chi connectivity index (χ1n) is 6.37. The van der Waals surface area contributed by atoms with Gasteiger partial charge in [0, 0.05) is 20.2 Å². The molecule has 112 valence electrons. The van der Waals surface area contributed by atoms with Crippen LogP contribution in [0.2, 0.25) is 0 Å². The Labute approximate surface area is 111 Å². The third kappa shape index (κ3) is 3.02. The van der Waals surface area contributed by atoms with Gasteiger partial charge in [0.1, 0.15) is 0 Å². The van der Waals surface area contributed by atoms with Crippen molar-refractivity contribution >= 4 is 5.91 Å². The molecule has 19 heavy (non-hydrogen) atoms. The van der Waals surface area contributed by atoms with E-state index >= 15 is 0 Å². The van der Waals surface area contributed by atoms with Crippen molar-refractivity contribution in [3.63, 3.8) is 0 Å². The molecule has 0 aliphatic carbocycles. The first-order valence-corrected chi connectivity index (χ1v) is 6.37. The molecule has 0 aromatic carbocycles. The van der Waals surface area contributed by atoms with Crippen LogP contribution in [-0.4, -0.2) is 56.4 Å². The second-order valence-corrected chi connectivity index (χ2v) is 4.90. The van der Waals surface area contributed by atoms with Crippen molar-refractivity contribution in [1.29, 1.82) is 0 Å². The van der Waals surface area contributed by atoms with E-state index in [2.05, 4.69) is 5.32 Å². The van der Waals surface area contributed by atoms with Crippen LogP contribution in [0.15, 0.2) is 0 Å². The van der Waals surface area contributed by atoms with Gasteiger partial charge in [-0.15, -0.1) is 0 Å². The van der Waals surface area contributed by atoms with Crippen molar-refractivity contribution in [3.05, 3.63) is 0 Å². The smallest absolute Gasteiger partial charge is 0.383 e. The van der Waals surface area contributed by atoms with Gasteiger partial charge in [0.2, 0.25) is 5.91 Å². The number of carbonyl (C=O) groups excluding carboxylic acids is 1. The Morgan fingerprint density at radius 1 is 1.53 bits per heavy atom. The lowest BCUT2D eigenvalue weighted by Gasteiger charge is -2.37. The molecule has 2 unspecified atom stereocenters. The number of alkyl halides is 3. The number of hydrogen-bond acceptors (Lipinski definition) is 3. The van der Waals surface area contributed by atoms with E-state index in [1.54, 1.807) is 13.8 Å². The Kier molecular flexibility index (Phi) is 5.20. The molecular formula is C12H21F3N2O2. The fraction of sp³-hybridized carbons (Fsp3) is 0.917. The van der Waals surface area contributed by atoms with Crippen LogP contribution in [0.25, 0.3) is 0 Å². The van der Waals surface area contributed by atoms with Crippen LogP contribution in [0.1, 0.15) is 20.3 Å². The molecule has 0 spiro atoms. The van der Waals surface area contributed by atoms with Crippen LogP contribution in [0.3, 0.4) is 0 Å². The van der Waals surface area contributed by atoms with Crippen LogP contribution in [-0.2, 0) is 9.53 Å². The highest BCUT2D eigenvalue weighted by atomic mass is 19.4. The number of likely N-dealkylation sites (N-methyl/N-ethyl adjacent to an activating group) is 1. The molecule has 1 saturated heterocycles. The zero-order chi connectivity index (χ0) is 14.7. The molecule has 0 aromatic rings. The van der Waals surface area contributed by atoms with Gasteiger partial charge in [-0.3, -0.25) is 4.79 Å². The predicted octanol–water partition coefficient (Wildman–Crippen LogP) is 1.41. The van der Waals surface area contributed by atoms with Crippen molar-refractivity contribution in [2.75, 3.05) is 33.4 Å². The van der Waals surface area contributed by atoms with Crippen LogP contribution >= 0.6 is 0 Å². The maximum absolute atomic E-state index is 13.3. The SMILES string of the molecule is CCN(C(=O)C1(C(F)(F)F)CCNC1)C(C)COC. The first kappa shape index (κ1) is 16.2. The van der Waals surface area contributed by atoms with E-state index < -0.39 is 17.5 Å². The fourth-order valence-electron chi connectivity index (χ4n) is 2.50. The normalized spacial score (nSPS) is 25.4. The number of methoxy groups -OCH3 is 1. The Bertz CT molecular complexity index is 315. The molecular weight excluding hydrogens is 261 g/mol. The van der Waals surface area contributed by atoms with E-state index in [4.69, 9.17) is 4.74 Å². The average molecular weight is 282 g/mol. The van der Waals surface area contributed by atoms with Crippen molar-refractivity contribution in [2.24, 2.45) is 5.41 Å². The van der Waals surface area contributed by atoms with Gasteiger partial charge in [0.05, 0.1) is 12.6 Å². The molecule has 2 atom stereocenters. The van der Waals surface area contributed by atoms with Crippen LogP contribution in [0, 0.1) is 5.41 Å². The largest absolute Gasteiger partial charge is 0.404 e. The number of rotatable bonds is 5. The summed E-state index contributed by atoms with van der Waals surface area (Å²) in [5.41, 5.74) is -2.29. The summed E-state index contributed by atoms with van der Waals surface area (Å²) in [7, 11) is 1.46. The van der Waals surface area contributed by atoms with E-state index in [1.165, 1.54) is 12.0 Å². The summed E-state index contributed by atoms with van der Waals surface area (Å²) < 4.78 is 44.8. The molecule has 1 rings (SSSR count). The molecule has 1 heterocycles. The molecule has 1 N–H and O–H groups in total. The summed E-state index contributed by atoms with van der Waals surface area (Å²) in [6.45, 7) is 3.70. The maximum Gasteiger partial charge on any atom is 0.404 e. The molecule has 1 fully saturated rings. The lowest BCUT2D eigenvalue weighted by molar-refractivity contribution is -0.223. The van der Waals surface area contributed by atoms with E-state index in [1.807, 2.05) is 0 Å². The summed E-state index contributed by atoms with van der Waals surface area (Å²) >= 11 is 0. The molecule has 0 bridgehead atoms. The lowest BCUT2D eigenvalue weighted by atomic mass is 9.84. The molecule has 1 aliphatic heterocycles. The van der Waals surface area contributed by atoms with Gasteiger partial charge < -0.3 is 15.0 Å². The van der Waals surface area contributed by atoms with Gasteiger partial charge in [-0.1, -0.05) is 0 Å². The Hall–Kier alpha value is -0.820. The minimum atomic E-state index is -4.53. The predicted molar refractivity (Wildman–Crippen MR) is 64.7 cm³/mol. The minimum absolute atomic E-state index is 0.203. The number of carbonyl (C=O) groups is 1. The fourth-order valence-corrected chi connectivity index (χ4v) is 2.50. The first-order chi connectivity index (χ1) is 8.80. The lowest BCUT2D eigenvalue weighted by Crippen LogP contribution is -2.56. The Morgan fingerprint density at radius 2 is 2.16 bits per heavy atom. The highest BCUT2D eigenvalue weighted by molar-refractivity contribution is 5.84. The third-order valence-electron chi connectivity index (χ3n) is 3.65. The summed E-state index contributed by atoms with van der Waals surface area (Å²) in [4.78, 5) is 13.6. The molecule has 0 saturated carbocycles. The van der Waals surface area contributed by atoms with Crippen LogP contribution in [0.5, 0.6) is 0 Å². The highest BCUT2D eigenvalue weighted by Gasteiger charge is 2.62. The van der Waals surface area contributed by atoms with Crippen LogP contribution < -0.4 is 5.32 Å². The van der Waals surface area contributed by atoms with E-state index in [0.717, 1.165) is 0 Å². The van der Waals surface area contributed by atoms with Crippen molar-refractivity contribution < 1.29 is 22.7 Å². The second kappa shape index (κ2) is 6.09. The summed E-state index contributed by atoms with van der Waals surface area (Å²) in [5.74, 6) is -0.850. The summed E-state index contributed by atoms with van der Waals surface area (Å²) in [6.07, 6.45) is -4.74. The average Bonchev–Trinajstić information content (AvgIpc) is 2.79. The zero-order valence-electron chi connectivity index (χ0n) is 11.5. The van der Waals surface area contributed by atoms with Gasteiger partial charge in [-0.2, -0.15) is 13.2 Å². The van der Waals surface area contributed by atoms with Gasteiger partial charge in [-0.25, -0.2) is 0 Å². The van der Waals surface area contributed by atoms with Crippen molar-refractivity contribution in [3.8, 4) is 0 Å². The quantitative estimate of drug-likeness (QED) is 0.829. The maximum atomic E-state index is 13.3. The monoisotopic (exact) mass is 282 g/mol. The van der Waals surface area contributed by atoms with E-state index in [0.29, 0.717) is 0 Å². The molecule has 0 radical (unpaired) electrons. The van der Waals surface area contributed by atoms with E-state index in [9.17, 15) is 18.0 Å². The number of halogens is 3. The molecule has 7 heteroatoms. The molecule has 0 aromatic heterocycles. The standard InChI is InChI=1S/C12H21F3N2O2/c1-4-17(9(2)7-19-3)10(18)11(12(13,14)15)5-6-16-8-11/h9,16H,4-8H2,1-3H3. The summed E-state index contributed by atoms with van der Waals surface area (Å²) in [5, 5.41) is 2.65. The molecule has 4 nitrogen and oxygen atoms in total. The van der Waals surface area contributed by atoms with Gasteiger partial charge >= 0.3 is 6.18 Å². The van der Waals surface area contributed by atoms with E-state index in [-0.39, 0.29) is 38.7 Å². The van der Waals surface area contributed by atoms with Crippen LogP contribution in [0.4, 0.5) is 13.2 Å². The highest BCUT2D eigenvalue weighted by Crippen LogP contribution is 2.44. The third-order valence-corrected chi connectivity index (χ3v) is 3.65. The van der Waals surface area contributed by atoms with Crippen molar-refractivity contribution in [1.82, 2.24) is 10.2 Å². The molecule has 1 aliphatic rings. The topological polar surface area (TPSA) is 41.6 Å².